The van der Waals surface area contributed by atoms with E-state index >= 15 is 0 Å². The summed E-state index contributed by atoms with van der Waals surface area (Å²) in [5, 5.41) is 4.49. The van der Waals surface area contributed by atoms with E-state index in [0.29, 0.717) is 5.82 Å². The summed E-state index contributed by atoms with van der Waals surface area (Å²) >= 11 is 1.56. The third-order valence-corrected chi connectivity index (χ3v) is 3.60. The molecule has 0 saturated carbocycles. The molecule has 0 aliphatic carbocycles. The maximum absolute atomic E-state index is 6.13. The summed E-state index contributed by atoms with van der Waals surface area (Å²) in [6.45, 7) is 0. The minimum absolute atomic E-state index is 0.671. The van der Waals surface area contributed by atoms with Crippen molar-refractivity contribution in [2.75, 3.05) is 5.73 Å². The fourth-order valence-electron chi connectivity index (χ4n) is 1.93. The van der Waals surface area contributed by atoms with E-state index in [2.05, 4.69) is 10.1 Å². The molecular weight excluding hydrogens is 244 g/mol. The molecule has 4 nitrogen and oxygen atoms in total. The molecule has 2 N–H and O–H groups in total. The number of nitrogen functional groups attached to an aromatic ring is 1. The third-order valence-electron chi connectivity index (χ3n) is 2.82. The van der Waals surface area contributed by atoms with Gasteiger partial charge in [-0.05, 0) is 5.56 Å². The molecule has 0 aliphatic rings. The van der Waals surface area contributed by atoms with Crippen molar-refractivity contribution in [1.82, 2.24) is 14.8 Å². The molecular formula is C13H12N4S. The number of rotatable bonds is 2. The Kier molecular flexibility index (Phi) is 2.60. The molecule has 0 radical (unpaired) electrons. The van der Waals surface area contributed by atoms with Crippen LogP contribution in [0, 0.1) is 0 Å². The van der Waals surface area contributed by atoms with Crippen molar-refractivity contribution in [3.05, 3.63) is 42.0 Å². The van der Waals surface area contributed by atoms with Crippen LogP contribution in [-0.4, -0.2) is 14.8 Å². The van der Waals surface area contributed by atoms with Crippen LogP contribution in [0.25, 0.3) is 21.7 Å². The summed E-state index contributed by atoms with van der Waals surface area (Å²) in [4.78, 5) is 5.13. The lowest BCUT2D eigenvalue weighted by Gasteiger charge is -2.02. The van der Waals surface area contributed by atoms with Crippen molar-refractivity contribution in [2.45, 2.75) is 0 Å². The summed E-state index contributed by atoms with van der Waals surface area (Å²) in [6.07, 6.45) is 1.82. The highest BCUT2D eigenvalue weighted by molar-refractivity contribution is 7.13. The lowest BCUT2D eigenvalue weighted by Crippen LogP contribution is -1.97. The summed E-state index contributed by atoms with van der Waals surface area (Å²) in [6, 6.07) is 10.1. The van der Waals surface area contributed by atoms with E-state index < -0.39 is 0 Å². The van der Waals surface area contributed by atoms with Gasteiger partial charge in [-0.1, -0.05) is 30.3 Å². The maximum atomic E-state index is 6.13. The van der Waals surface area contributed by atoms with Crippen molar-refractivity contribution in [2.24, 2.45) is 7.05 Å². The first-order valence-corrected chi connectivity index (χ1v) is 6.42. The van der Waals surface area contributed by atoms with Crippen molar-refractivity contribution in [1.29, 1.82) is 0 Å². The molecule has 0 fully saturated rings. The van der Waals surface area contributed by atoms with E-state index in [9.17, 15) is 0 Å². The van der Waals surface area contributed by atoms with Gasteiger partial charge >= 0.3 is 0 Å². The number of aromatic nitrogens is 3. The Morgan fingerprint density at radius 3 is 2.67 bits per heavy atom. The highest BCUT2D eigenvalue weighted by atomic mass is 32.1. The number of hydrogen-bond donors (Lipinski definition) is 1. The molecule has 3 rings (SSSR count). The average Bonchev–Trinajstić information content (AvgIpc) is 3.00. The van der Waals surface area contributed by atoms with Crippen LogP contribution in [0.2, 0.25) is 0 Å². The monoisotopic (exact) mass is 256 g/mol. The van der Waals surface area contributed by atoms with Crippen molar-refractivity contribution >= 4 is 17.2 Å². The van der Waals surface area contributed by atoms with E-state index in [4.69, 9.17) is 5.73 Å². The highest BCUT2D eigenvalue weighted by Gasteiger charge is 2.17. The van der Waals surface area contributed by atoms with E-state index in [1.54, 1.807) is 21.5 Å². The molecule has 0 aliphatic heterocycles. The first-order chi connectivity index (χ1) is 8.77. The summed E-state index contributed by atoms with van der Waals surface area (Å²) in [5.74, 6) is 0.671. The van der Waals surface area contributed by atoms with Gasteiger partial charge in [-0.15, -0.1) is 11.3 Å². The Labute approximate surface area is 109 Å². The Bertz CT molecular complexity index is 656. The van der Waals surface area contributed by atoms with E-state index in [1.807, 2.05) is 43.6 Å². The van der Waals surface area contributed by atoms with Crippen LogP contribution in [0.1, 0.15) is 0 Å². The molecule has 0 unspecified atom stereocenters. The van der Waals surface area contributed by atoms with E-state index in [1.165, 1.54) is 0 Å². The number of thiazole rings is 1. The Balaban J connectivity index is 2.26. The van der Waals surface area contributed by atoms with Crippen LogP contribution in [0.3, 0.4) is 0 Å². The Hall–Kier alpha value is -2.14. The van der Waals surface area contributed by atoms with Gasteiger partial charge < -0.3 is 5.73 Å². The lowest BCUT2D eigenvalue weighted by atomic mass is 10.1. The lowest BCUT2D eigenvalue weighted by molar-refractivity contribution is 0.783. The average molecular weight is 256 g/mol. The van der Waals surface area contributed by atoms with Gasteiger partial charge in [-0.3, -0.25) is 9.67 Å². The van der Waals surface area contributed by atoms with Crippen LogP contribution >= 0.6 is 11.3 Å². The van der Waals surface area contributed by atoms with Crippen LogP contribution < -0.4 is 5.73 Å². The SMILES string of the molecule is Cn1nc(-c2cncs2)c(-c2ccccc2)c1N. The molecule has 0 saturated heterocycles. The second-order valence-electron chi connectivity index (χ2n) is 3.96. The van der Waals surface area contributed by atoms with Gasteiger partial charge in [0.1, 0.15) is 11.5 Å². The summed E-state index contributed by atoms with van der Waals surface area (Å²) in [5.41, 5.74) is 10.9. The molecule has 0 spiro atoms. The minimum Gasteiger partial charge on any atom is -0.383 e. The second kappa shape index (κ2) is 4.27. The zero-order valence-corrected chi connectivity index (χ0v) is 10.7. The van der Waals surface area contributed by atoms with Crippen molar-refractivity contribution in [3.8, 4) is 21.7 Å². The molecule has 0 bridgehead atoms. The molecule has 5 heteroatoms. The smallest absolute Gasteiger partial charge is 0.129 e. The number of nitrogens with two attached hydrogens (primary N) is 1. The van der Waals surface area contributed by atoms with Gasteiger partial charge in [-0.2, -0.15) is 5.10 Å². The second-order valence-corrected chi connectivity index (χ2v) is 4.85. The largest absolute Gasteiger partial charge is 0.383 e. The van der Waals surface area contributed by atoms with Gasteiger partial charge in [0, 0.05) is 13.2 Å². The molecule has 0 atom stereocenters. The van der Waals surface area contributed by atoms with E-state index in [0.717, 1.165) is 21.7 Å². The van der Waals surface area contributed by atoms with Crippen molar-refractivity contribution in [3.63, 3.8) is 0 Å². The Morgan fingerprint density at radius 1 is 1.22 bits per heavy atom. The zero-order valence-electron chi connectivity index (χ0n) is 9.87. The number of benzene rings is 1. The van der Waals surface area contributed by atoms with Crippen LogP contribution in [0.5, 0.6) is 0 Å². The zero-order chi connectivity index (χ0) is 12.5. The first kappa shape index (κ1) is 11.0. The van der Waals surface area contributed by atoms with E-state index in [-0.39, 0.29) is 0 Å². The van der Waals surface area contributed by atoms with Gasteiger partial charge in [0.2, 0.25) is 0 Å². The molecule has 90 valence electrons. The molecule has 1 aromatic carbocycles. The van der Waals surface area contributed by atoms with Crippen LogP contribution in [0.15, 0.2) is 42.0 Å². The normalized spacial score (nSPS) is 10.7. The maximum Gasteiger partial charge on any atom is 0.129 e. The third kappa shape index (κ3) is 1.69. The van der Waals surface area contributed by atoms with Gasteiger partial charge in [0.15, 0.2) is 0 Å². The number of hydrogen-bond acceptors (Lipinski definition) is 4. The summed E-state index contributed by atoms with van der Waals surface area (Å²) < 4.78 is 1.71. The first-order valence-electron chi connectivity index (χ1n) is 5.54. The molecule has 18 heavy (non-hydrogen) atoms. The Morgan fingerprint density at radius 2 is 2.00 bits per heavy atom. The van der Waals surface area contributed by atoms with Gasteiger partial charge in [-0.25, -0.2) is 0 Å². The standard InChI is InChI=1S/C13H12N4S/c1-17-13(14)11(9-5-3-2-4-6-9)12(16-17)10-7-15-8-18-10/h2-8H,14H2,1H3. The minimum atomic E-state index is 0.671. The van der Waals surface area contributed by atoms with Gasteiger partial charge in [0.05, 0.1) is 16.0 Å². The van der Waals surface area contributed by atoms with Gasteiger partial charge in [0.25, 0.3) is 0 Å². The quantitative estimate of drug-likeness (QED) is 0.767. The molecule has 2 heterocycles. The summed E-state index contributed by atoms with van der Waals surface area (Å²) in [7, 11) is 1.85. The fourth-order valence-corrected chi connectivity index (χ4v) is 2.54. The predicted molar refractivity (Wildman–Crippen MR) is 74.2 cm³/mol. The van der Waals surface area contributed by atoms with Crippen LogP contribution in [-0.2, 0) is 7.05 Å². The topological polar surface area (TPSA) is 56.7 Å². The number of anilines is 1. The molecule has 0 amide bonds. The van der Waals surface area contributed by atoms with Crippen LogP contribution in [0.4, 0.5) is 5.82 Å². The molecule has 3 aromatic rings. The highest BCUT2D eigenvalue weighted by Crippen LogP contribution is 2.36. The predicted octanol–water partition coefficient (Wildman–Crippen LogP) is 2.79. The number of nitrogens with zero attached hydrogens (tertiary/aromatic N) is 3. The van der Waals surface area contributed by atoms with Crippen molar-refractivity contribution < 1.29 is 0 Å². The number of aryl methyl sites for hydroxylation is 1. The fraction of sp³-hybridized carbons (Fsp3) is 0.0769. The molecule has 2 aromatic heterocycles.